The van der Waals surface area contributed by atoms with E-state index in [2.05, 4.69) is 9.88 Å². The number of amides is 1. The van der Waals surface area contributed by atoms with E-state index < -0.39 is 17.7 Å². The molecule has 1 aromatic rings. The van der Waals surface area contributed by atoms with Crippen LogP contribution in [0.25, 0.3) is 0 Å². The summed E-state index contributed by atoms with van der Waals surface area (Å²) in [5.74, 6) is -1.34. The molecule has 22 heavy (non-hydrogen) atoms. The van der Waals surface area contributed by atoms with Gasteiger partial charge in [-0.25, -0.2) is 4.79 Å². The van der Waals surface area contributed by atoms with Gasteiger partial charge in [0.25, 0.3) is 5.91 Å². The molecule has 2 saturated heterocycles. The molecule has 2 aliphatic heterocycles. The lowest BCUT2D eigenvalue weighted by Crippen LogP contribution is -2.57. The smallest absolute Gasteiger partial charge is 0.328 e. The second kappa shape index (κ2) is 5.66. The van der Waals surface area contributed by atoms with Crippen molar-refractivity contribution in [3.63, 3.8) is 0 Å². The molecule has 2 aliphatic rings. The fourth-order valence-electron chi connectivity index (χ4n) is 3.16. The Morgan fingerprint density at radius 3 is 2.55 bits per heavy atom. The quantitative estimate of drug-likeness (QED) is 0.853. The van der Waals surface area contributed by atoms with Crippen LogP contribution >= 0.6 is 0 Å². The number of carbonyl (C=O) groups excluding carboxylic acids is 1. The predicted molar refractivity (Wildman–Crippen MR) is 77.2 cm³/mol. The van der Waals surface area contributed by atoms with E-state index in [9.17, 15) is 14.7 Å². The molecule has 3 heterocycles. The van der Waals surface area contributed by atoms with Crippen molar-refractivity contribution >= 4 is 11.9 Å². The first-order chi connectivity index (χ1) is 10.5. The molecule has 0 saturated carbocycles. The number of pyridine rings is 1. The minimum atomic E-state index is -1.03. The van der Waals surface area contributed by atoms with Crippen molar-refractivity contribution < 1.29 is 19.4 Å². The van der Waals surface area contributed by atoms with Crippen LogP contribution in [0.2, 0.25) is 0 Å². The average Bonchev–Trinajstić information content (AvgIpc) is 2.90. The van der Waals surface area contributed by atoms with Crippen LogP contribution in [0, 0.1) is 0 Å². The molecule has 3 rings (SSSR count). The third kappa shape index (κ3) is 2.46. The third-order valence-electron chi connectivity index (χ3n) is 4.46. The molecule has 118 valence electrons. The minimum Gasteiger partial charge on any atom is -0.480 e. The van der Waals surface area contributed by atoms with Crippen LogP contribution in [0.5, 0.6) is 0 Å². The Morgan fingerprint density at radius 1 is 1.32 bits per heavy atom. The Morgan fingerprint density at radius 2 is 1.95 bits per heavy atom. The van der Waals surface area contributed by atoms with Crippen LogP contribution in [0.3, 0.4) is 0 Å². The molecule has 0 bridgehead atoms. The maximum absolute atomic E-state index is 12.9. The van der Waals surface area contributed by atoms with Gasteiger partial charge in [0.1, 0.15) is 5.72 Å². The Bertz CT molecular complexity index is 569. The van der Waals surface area contributed by atoms with Gasteiger partial charge in [-0.15, -0.1) is 0 Å². The number of piperidine rings is 1. The fourth-order valence-corrected chi connectivity index (χ4v) is 3.16. The Balaban J connectivity index is 1.94. The second-order valence-corrected chi connectivity index (χ2v) is 5.83. The number of carboxylic acid groups (broad SMARTS) is 1. The zero-order valence-corrected chi connectivity index (χ0v) is 12.4. The van der Waals surface area contributed by atoms with Gasteiger partial charge in [-0.3, -0.25) is 14.7 Å². The lowest BCUT2D eigenvalue weighted by molar-refractivity contribution is -0.143. The standard InChI is InChI=1S/C15H19N3O4/c1-17-8-4-15(5-9-17)18(12(10-22-15)14(20)21)13(19)11-2-6-16-7-3-11/h2-3,6-7,12H,4-5,8-10H2,1H3,(H,20,21). The van der Waals surface area contributed by atoms with E-state index in [0.29, 0.717) is 18.4 Å². The van der Waals surface area contributed by atoms with Gasteiger partial charge in [0, 0.05) is 43.9 Å². The first-order valence-electron chi connectivity index (χ1n) is 7.32. The number of rotatable bonds is 2. The van der Waals surface area contributed by atoms with Crippen LogP contribution in [0.15, 0.2) is 24.5 Å². The third-order valence-corrected chi connectivity index (χ3v) is 4.46. The summed E-state index contributed by atoms with van der Waals surface area (Å²) in [7, 11) is 2.01. The number of nitrogens with zero attached hydrogens (tertiary/aromatic N) is 3. The predicted octanol–water partition coefficient (Wildman–Crippen LogP) is 0.429. The maximum Gasteiger partial charge on any atom is 0.328 e. The van der Waals surface area contributed by atoms with Crippen molar-refractivity contribution in [3.8, 4) is 0 Å². The Hall–Kier alpha value is -1.99. The summed E-state index contributed by atoms with van der Waals surface area (Å²) >= 11 is 0. The minimum absolute atomic E-state index is 0.0376. The number of carboxylic acids is 1. The van der Waals surface area contributed by atoms with Crippen molar-refractivity contribution in [2.24, 2.45) is 0 Å². The average molecular weight is 305 g/mol. The maximum atomic E-state index is 12.9. The van der Waals surface area contributed by atoms with E-state index in [4.69, 9.17) is 4.74 Å². The molecule has 2 fully saturated rings. The molecule has 1 atom stereocenters. The van der Waals surface area contributed by atoms with E-state index in [1.165, 1.54) is 17.3 Å². The first-order valence-corrected chi connectivity index (χ1v) is 7.32. The van der Waals surface area contributed by atoms with E-state index in [1.54, 1.807) is 12.1 Å². The van der Waals surface area contributed by atoms with Gasteiger partial charge in [0.15, 0.2) is 6.04 Å². The van der Waals surface area contributed by atoms with E-state index >= 15 is 0 Å². The van der Waals surface area contributed by atoms with E-state index in [0.717, 1.165) is 13.1 Å². The molecule has 1 spiro atoms. The van der Waals surface area contributed by atoms with Gasteiger partial charge in [-0.1, -0.05) is 0 Å². The molecule has 1 unspecified atom stereocenters. The molecule has 0 radical (unpaired) electrons. The summed E-state index contributed by atoms with van der Waals surface area (Å²) in [6.45, 7) is 1.58. The lowest BCUT2D eigenvalue weighted by atomic mass is 9.97. The normalized spacial score (nSPS) is 24.6. The number of ether oxygens (including phenoxy) is 1. The van der Waals surface area contributed by atoms with Crippen LogP contribution < -0.4 is 0 Å². The highest BCUT2D eigenvalue weighted by Gasteiger charge is 2.53. The van der Waals surface area contributed by atoms with Crippen molar-refractivity contribution in [2.75, 3.05) is 26.7 Å². The van der Waals surface area contributed by atoms with Crippen LogP contribution in [0.1, 0.15) is 23.2 Å². The van der Waals surface area contributed by atoms with Gasteiger partial charge in [-0.05, 0) is 19.2 Å². The molecule has 0 aliphatic carbocycles. The van der Waals surface area contributed by atoms with Gasteiger partial charge in [-0.2, -0.15) is 0 Å². The van der Waals surface area contributed by atoms with Crippen LogP contribution in [-0.2, 0) is 9.53 Å². The van der Waals surface area contributed by atoms with Crippen LogP contribution in [0.4, 0.5) is 0 Å². The van der Waals surface area contributed by atoms with E-state index in [-0.39, 0.29) is 12.5 Å². The summed E-state index contributed by atoms with van der Waals surface area (Å²) in [4.78, 5) is 31.9. The van der Waals surface area contributed by atoms with Crippen molar-refractivity contribution in [3.05, 3.63) is 30.1 Å². The molecule has 1 N–H and O–H groups in total. The number of hydrogen-bond donors (Lipinski definition) is 1. The Labute approximate surface area is 128 Å². The van der Waals surface area contributed by atoms with Gasteiger partial charge in [0.05, 0.1) is 6.61 Å². The number of carbonyl (C=O) groups is 2. The summed E-state index contributed by atoms with van der Waals surface area (Å²) in [5, 5.41) is 9.45. The lowest BCUT2D eigenvalue weighted by Gasteiger charge is -2.43. The summed E-state index contributed by atoms with van der Waals surface area (Å²) in [6.07, 6.45) is 4.29. The number of aromatic nitrogens is 1. The van der Waals surface area contributed by atoms with Gasteiger partial charge in [0.2, 0.25) is 0 Å². The van der Waals surface area contributed by atoms with Crippen molar-refractivity contribution in [1.29, 1.82) is 0 Å². The fraction of sp³-hybridized carbons (Fsp3) is 0.533. The monoisotopic (exact) mass is 305 g/mol. The van der Waals surface area contributed by atoms with Crippen molar-refractivity contribution in [1.82, 2.24) is 14.8 Å². The number of aliphatic carboxylic acids is 1. The molecule has 1 aromatic heterocycles. The Kier molecular flexibility index (Phi) is 3.84. The number of hydrogen-bond acceptors (Lipinski definition) is 5. The molecule has 7 heteroatoms. The molecular formula is C15H19N3O4. The van der Waals surface area contributed by atoms with Gasteiger partial charge < -0.3 is 14.7 Å². The summed E-state index contributed by atoms with van der Waals surface area (Å²) < 4.78 is 5.84. The molecular weight excluding hydrogens is 286 g/mol. The van der Waals surface area contributed by atoms with Crippen molar-refractivity contribution in [2.45, 2.75) is 24.6 Å². The van der Waals surface area contributed by atoms with Gasteiger partial charge >= 0.3 is 5.97 Å². The molecule has 7 nitrogen and oxygen atoms in total. The highest BCUT2D eigenvalue weighted by molar-refractivity contribution is 5.97. The zero-order valence-electron chi connectivity index (χ0n) is 12.4. The zero-order chi connectivity index (χ0) is 15.7. The summed E-state index contributed by atoms with van der Waals surface area (Å²) in [6, 6.07) is 2.26. The van der Waals surface area contributed by atoms with E-state index in [1.807, 2.05) is 7.05 Å². The topological polar surface area (TPSA) is 83.0 Å². The number of likely N-dealkylation sites (tertiary alicyclic amines) is 1. The highest BCUT2D eigenvalue weighted by Crippen LogP contribution is 2.38. The second-order valence-electron chi connectivity index (χ2n) is 5.83. The highest BCUT2D eigenvalue weighted by atomic mass is 16.5. The largest absolute Gasteiger partial charge is 0.480 e. The first kappa shape index (κ1) is 14.9. The SMILES string of the molecule is CN1CCC2(CC1)OCC(C(=O)O)N2C(=O)c1ccncc1. The van der Waals surface area contributed by atoms with Crippen LogP contribution in [-0.4, -0.2) is 70.3 Å². The molecule has 1 amide bonds. The summed E-state index contributed by atoms with van der Waals surface area (Å²) in [5.41, 5.74) is -0.374. The molecule has 0 aromatic carbocycles.